The predicted molar refractivity (Wildman–Crippen MR) is 74.6 cm³/mol. The van der Waals surface area contributed by atoms with E-state index >= 15 is 0 Å². The van der Waals surface area contributed by atoms with Gasteiger partial charge in [-0.2, -0.15) is 5.26 Å². The maximum Gasteiger partial charge on any atom is 0.276 e. The van der Waals surface area contributed by atoms with Crippen LogP contribution in [0.4, 0.5) is 5.69 Å². The normalized spacial score (nSPS) is 16.8. The molecule has 6 heteroatoms. The van der Waals surface area contributed by atoms with E-state index in [0.29, 0.717) is 17.9 Å². The average Bonchev–Trinajstić information content (AvgIpc) is 2.36. The van der Waals surface area contributed by atoms with Gasteiger partial charge in [-0.3, -0.25) is 4.31 Å². The standard InChI is InChI=1S/C13H15N3O2S/c1-4-16-11-8-6-5-7-10(11)13(15(2)3)12(9-14)19(16,17)18/h5-8H,4H2,1-3H3. The maximum atomic E-state index is 12.5. The number of benzene rings is 1. The SMILES string of the molecule is CCN1c2ccccc2C(N(C)C)=C(C#N)S1(=O)=O. The number of hydrogen-bond donors (Lipinski definition) is 0. The van der Waals surface area contributed by atoms with Gasteiger partial charge in [-0.05, 0) is 13.0 Å². The molecule has 1 aliphatic rings. The van der Waals surface area contributed by atoms with Crippen LogP contribution < -0.4 is 4.31 Å². The Bertz CT molecular complexity index is 684. The summed E-state index contributed by atoms with van der Waals surface area (Å²) in [5.74, 6) is 0. The highest BCUT2D eigenvalue weighted by Crippen LogP contribution is 2.39. The Balaban J connectivity index is 2.90. The van der Waals surface area contributed by atoms with Crippen molar-refractivity contribution in [2.45, 2.75) is 6.92 Å². The molecule has 19 heavy (non-hydrogen) atoms. The van der Waals surface area contributed by atoms with Crippen LogP contribution >= 0.6 is 0 Å². The zero-order valence-electron chi connectivity index (χ0n) is 11.1. The van der Waals surface area contributed by atoms with Gasteiger partial charge in [0.25, 0.3) is 10.0 Å². The van der Waals surface area contributed by atoms with Crippen molar-refractivity contribution in [3.8, 4) is 6.07 Å². The first-order valence-electron chi connectivity index (χ1n) is 5.89. The van der Waals surface area contributed by atoms with Crippen molar-refractivity contribution in [3.05, 3.63) is 34.7 Å². The maximum absolute atomic E-state index is 12.5. The lowest BCUT2D eigenvalue weighted by molar-refractivity contribution is 0.578. The summed E-state index contributed by atoms with van der Waals surface area (Å²) >= 11 is 0. The minimum absolute atomic E-state index is 0.196. The van der Waals surface area contributed by atoms with Crippen LogP contribution in [0.2, 0.25) is 0 Å². The van der Waals surface area contributed by atoms with Crippen LogP contribution in [0.1, 0.15) is 12.5 Å². The number of allylic oxidation sites excluding steroid dienone is 1. The van der Waals surface area contributed by atoms with Crippen LogP contribution in [0.5, 0.6) is 0 Å². The summed E-state index contributed by atoms with van der Waals surface area (Å²) in [7, 11) is -0.289. The molecular formula is C13H15N3O2S. The molecule has 100 valence electrons. The van der Waals surface area contributed by atoms with E-state index < -0.39 is 10.0 Å². The van der Waals surface area contributed by atoms with Crippen LogP contribution in [-0.4, -0.2) is 34.0 Å². The van der Waals surface area contributed by atoms with E-state index in [1.165, 1.54) is 4.31 Å². The lowest BCUT2D eigenvalue weighted by Crippen LogP contribution is -2.37. The molecule has 0 radical (unpaired) electrons. The molecule has 0 atom stereocenters. The van der Waals surface area contributed by atoms with Crippen molar-refractivity contribution in [3.63, 3.8) is 0 Å². The first-order chi connectivity index (χ1) is 8.95. The summed E-state index contributed by atoms with van der Waals surface area (Å²) in [5, 5.41) is 9.24. The fourth-order valence-corrected chi connectivity index (χ4v) is 3.90. The summed E-state index contributed by atoms with van der Waals surface area (Å²) in [5.41, 5.74) is 1.83. The number of sulfonamides is 1. The molecular weight excluding hydrogens is 262 g/mol. The van der Waals surface area contributed by atoms with Crippen LogP contribution in [0.3, 0.4) is 0 Å². The van der Waals surface area contributed by atoms with Gasteiger partial charge in [0.05, 0.1) is 11.4 Å². The van der Waals surface area contributed by atoms with Crippen molar-refractivity contribution < 1.29 is 8.42 Å². The molecule has 5 nitrogen and oxygen atoms in total. The van der Waals surface area contributed by atoms with Gasteiger partial charge >= 0.3 is 0 Å². The lowest BCUT2D eigenvalue weighted by Gasteiger charge is -2.33. The molecule has 1 aliphatic heterocycles. The number of nitrogens with zero attached hydrogens (tertiary/aromatic N) is 3. The van der Waals surface area contributed by atoms with E-state index in [-0.39, 0.29) is 4.91 Å². The highest BCUT2D eigenvalue weighted by molar-refractivity contribution is 7.97. The molecule has 1 heterocycles. The van der Waals surface area contributed by atoms with E-state index in [0.717, 1.165) is 5.56 Å². The van der Waals surface area contributed by atoms with E-state index in [9.17, 15) is 13.7 Å². The number of para-hydroxylation sites is 1. The third kappa shape index (κ3) is 1.87. The van der Waals surface area contributed by atoms with Crippen molar-refractivity contribution in [1.29, 1.82) is 5.26 Å². The summed E-state index contributed by atoms with van der Waals surface area (Å²) in [4.78, 5) is 1.47. The predicted octanol–water partition coefficient (Wildman–Crippen LogP) is 1.61. The average molecular weight is 277 g/mol. The van der Waals surface area contributed by atoms with E-state index in [2.05, 4.69) is 0 Å². The van der Waals surface area contributed by atoms with Gasteiger partial charge in [-0.1, -0.05) is 18.2 Å². The van der Waals surface area contributed by atoms with Crippen LogP contribution in [0.15, 0.2) is 29.2 Å². The Labute approximate surface area is 113 Å². The summed E-state index contributed by atoms with van der Waals surface area (Å²) in [6.45, 7) is 2.05. The highest BCUT2D eigenvalue weighted by atomic mass is 32.2. The minimum Gasteiger partial charge on any atom is -0.375 e. The van der Waals surface area contributed by atoms with E-state index in [1.807, 2.05) is 18.2 Å². The van der Waals surface area contributed by atoms with Crippen LogP contribution in [0.25, 0.3) is 5.70 Å². The summed E-state index contributed by atoms with van der Waals surface area (Å²) in [6.07, 6.45) is 0. The smallest absolute Gasteiger partial charge is 0.276 e. The Hall–Kier alpha value is -2.00. The van der Waals surface area contributed by atoms with Gasteiger partial charge < -0.3 is 4.90 Å². The lowest BCUT2D eigenvalue weighted by atomic mass is 10.1. The molecule has 0 N–H and O–H groups in total. The number of hydrogen-bond acceptors (Lipinski definition) is 4. The highest BCUT2D eigenvalue weighted by Gasteiger charge is 2.37. The number of anilines is 1. The van der Waals surface area contributed by atoms with Gasteiger partial charge in [0, 0.05) is 26.2 Å². The number of nitriles is 1. The Morgan fingerprint density at radius 2 is 1.95 bits per heavy atom. The number of fused-ring (bicyclic) bond motifs is 1. The molecule has 2 rings (SSSR count). The zero-order valence-corrected chi connectivity index (χ0v) is 11.9. The van der Waals surface area contributed by atoms with Crippen molar-refractivity contribution in [1.82, 2.24) is 4.90 Å². The molecule has 0 fully saturated rings. The second-order valence-corrected chi connectivity index (χ2v) is 6.17. The first-order valence-corrected chi connectivity index (χ1v) is 7.33. The van der Waals surface area contributed by atoms with Gasteiger partial charge in [0.1, 0.15) is 6.07 Å². The van der Waals surface area contributed by atoms with Crippen molar-refractivity contribution in [2.24, 2.45) is 0 Å². The monoisotopic (exact) mass is 277 g/mol. The molecule has 0 unspecified atom stereocenters. The van der Waals surface area contributed by atoms with Crippen molar-refractivity contribution >= 4 is 21.4 Å². The molecule has 0 bridgehead atoms. The zero-order chi connectivity index (χ0) is 14.2. The molecule has 1 aromatic rings. The topological polar surface area (TPSA) is 64.4 Å². The Kier molecular flexibility index (Phi) is 3.25. The second-order valence-electron chi connectivity index (χ2n) is 4.37. The molecule has 0 saturated carbocycles. The second kappa shape index (κ2) is 4.59. The van der Waals surface area contributed by atoms with E-state index in [1.54, 1.807) is 38.1 Å². The Morgan fingerprint density at radius 1 is 1.32 bits per heavy atom. The fourth-order valence-electron chi connectivity index (χ4n) is 2.27. The molecule has 0 saturated heterocycles. The van der Waals surface area contributed by atoms with Crippen LogP contribution in [-0.2, 0) is 10.0 Å². The van der Waals surface area contributed by atoms with E-state index in [4.69, 9.17) is 0 Å². The molecule has 0 spiro atoms. The first kappa shape index (κ1) is 13.4. The van der Waals surface area contributed by atoms with Gasteiger partial charge in [-0.15, -0.1) is 0 Å². The molecule has 0 aromatic heterocycles. The number of rotatable bonds is 2. The third-order valence-electron chi connectivity index (χ3n) is 3.03. The molecule has 1 aromatic carbocycles. The fraction of sp³-hybridized carbons (Fsp3) is 0.308. The quantitative estimate of drug-likeness (QED) is 0.824. The van der Waals surface area contributed by atoms with Gasteiger partial charge in [0.15, 0.2) is 4.91 Å². The van der Waals surface area contributed by atoms with Crippen LogP contribution in [0, 0.1) is 11.3 Å². The molecule has 0 amide bonds. The van der Waals surface area contributed by atoms with Gasteiger partial charge in [0.2, 0.25) is 0 Å². The largest absolute Gasteiger partial charge is 0.375 e. The van der Waals surface area contributed by atoms with Crippen molar-refractivity contribution in [2.75, 3.05) is 24.9 Å². The third-order valence-corrected chi connectivity index (χ3v) is 4.86. The van der Waals surface area contributed by atoms with Gasteiger partial charge in [-0.25, -0.2) is 8.42 Å². The Morgan fingerprint density at radius 3 is 2.47 bits per heavy atom. The summed E-state index contributed by atoms with van der Waals surface area (Å²) in [6, 6.07) is 9.06. The minimum atomic E-state index is -3.76. The summed E-state index contributed by atoms with van der Waals surface area (Å²) < 4.78 is 26.2. The molecule has 0 aliphatic carbocycles.